The summed E-state index contributed by atoms with van der Waals surface area (Å²) < 4.78 is 5.69. The van der Waals surface area contributed by atoms with Gasteiger partial charge in [-0.05, 0) is 56.0 Å². The highest BCUT2D eigenvalue weighted by molar-refractivity contribution is 5.94. The van der Waals surface area contributed by atoms with Crippen molar-refractivity contribution in [3.8, 4) is 5.75 Å². The zero-order valence-corrected chi connectivity index (χ0v) is 13.7. The molecular weight excluding hydrogens is 290 g/mol. The van der Waals surface area contributed by atoms with Gasteiger partial charge in [0.1, 0.15) is 5.75 Å². The number of rotatable bonds is 8. The molecule has 23 heavy (non-hydrogen) atoms. The fourth-order valence-corrected chi connectivity index (χ4v) is 2.74. The Bertz CT molecular complexity index is 493. The average molecular weight is 317 g/mol. The van der Waals surface area contributed by atoms with Gasteiger partial charge in [0.15, 0.2) is 0 Å². The van der Waals surface area contributed by atoms with Crippen LogP contribution in [0.4, 0.5) is 0 Å². The quantitative estimate of drug-likeness (QED) is 0.714. The van der Waals surface area contributed by atoms with Gasteiger partial charge in [-0.1, -0.05) is 0 Å². The highest BCUT2D eigenvalue weighted by Crippen LogP contribution is 2.29. The molecule has 0 spiro atoms. The number of hydrogen-bond acceptors (Lipinski definition) is 4. The van der Waals surface area contributed by atoms with Gasteiger partial charge in [-0.3, -0.25) is 4.79 Å². The molecule has 5 heteroatoms. The smallest absolute Gasteiger partial charge is 0.251 e. The minimum atomic E-state index is -0.000876. The van der Waals surface area contributed by atoms with Gasteiger partial charge in [0.2, 0.25) is 0 Å². The van der Waals surface area contributed by atoms with E-state index in [2.05, 4.69) is 15.5 Å². The zero-order valence-electron chi connectivity index (χ0n) is 13.7. The number of nitrogens with zero attached hydrogens (tertiary/aromatic N) is 1. The van der Waals surface area contributed by atoms with E-state index in [9.17, 15) is 4.79 Å². The van der Waals surface area contributed by atoms with Crippen LogP contribution in [0, 0.1) is 5.92 Å². The lowest BCUT2D eigenvalue weighted by Gasteiger charge is -2.27. The molecule has 3 rings (SSSR count). The Morgan fingerprint density at radius 2 is 1.96 bits per heavy atom. The first kappa shape index (κ1) is 16.3. The molecule has 0 atom stereocenters. The van der Waals surface area contributed by atoms with E-state index < -0.39 is 0 Å². The number of amides is 1. The normalized spacial score (nSPS) is 18.6. The van der Waals surface area contributed by atoms with Gasteiger partial charge >= 0.3 is 0 Å². The first-order chi connectivity index (χ1) is 11.3. The molecule has 0 bridgehead atoms. The number of carbonyl (C=O) groups is 1. The van der Waals surface area contributed by atoms with Crippen LogP contribution in [-0.4, -0.2) is 56.7 Å². The van der Waals surface area contributed by atoms with Crippen LogP contribution in [0.15, 0.2) is 24.3 Å². The Hall–Kier alpha value is -1.59. The number of ether oxygens (including phenoxy) is 1. The van der Waals surface area contributed by atoms with Gasteiger partial charge in [-0.15, -0.1) is 0 Å². The summed E-state index contributed by atoms with van der Waals surface area (Å²) in [6, 6.07) is 7.46. The molecule has 2 aliphatic rings. The third kappa shape index (κ3) is 5.52. The minimum Gasteiger partial charge on any atom is -0.493 e. The summed E-state index contributed by atoms with van der Waals surface area (Å²) in [6.07, 6.45) is 3.57. The van der Waals surface area contributed by atoms with E-state index in [4.69, 9.17) is 4.74 Å². The summed E-state index contributed by atoms with van der Waals surface area (Å²) in [6.45, 7) is 6.94. The van der Waals surface area contributed by atoms with Crippen molar-refractivity contribution >= 4 is 5.91 Å². The van der Waals surface area contributed by atoms with Crippen molar-refractivity contribution in [3.63, 3.8) is 0 Å². The van der Waals surface area contributed by atoms with E-state index >= 15 is 0 Å². The molecule has 2 N–H and O–H groups in total. The van der Waals surface area contributed by atoms with Crippen molar-refractivity contribution in [2.24, 2.45) is 5.92 Å². The number of piperazine rings is 1. The monoisotopic (exact) mass is 317 g/mol. The molecule has 1 heterocycles. The Kier molecular flexibility index (Phi) is 5.88. The maximum atomic E-state index is 12.1. The van der Waals surface area contributed by atoms with Crippen LogP contribution >= 0.6 is 0 Å². The maximum absolute atomic E-state index is 12.1. The third-order valence-electron chi connectivity index (χ3n) is 4.45. The van der Waals surface area contributed by atoms with Crippen LogP contribution in [0.25, 0.3) is 0 Å². The molecule has 0 aromatic heterocycles. The fraction of sp³-hybridized carbons (Fsp3) is 0.611. The third-order valence-corrected chi connectivity index (χ3v) is 4.45. The van der Waals surface area contributed by atoms with Crippen LogP contribution < -0.4 is 15.4 Å². The van der Waals surface area contributed by atoms with E-state index in [1.54, 1.807) is 0 Å². The van der Waals surface area contributed by atoms with Gasteiger partial charge in [0.05, 0.1) is 6.61 Å². The predicted octanol–water partition coefficient (Wildman–Crippen LogP) is 1.50. The SMILES string of the molecule is O=C(NCCCN1CCNCC1)c1ccc(OCC2CC2)cc1. The molecule has 126 valence electrons. The van der Waals surface area contributed by atoms with Gasteiger partial charge < -0.3 is 20.3 Å². The topological polar surface area (TPSA) is 53.6 Å². The summed E-state index contributed by atoms with van der Waals surface area (Å²) in [5.41, 5.74) is 0.700. The second kappa shape index (κ2) is 8.31. The Morgan fingerprint density at radius 3 is 2.65 bits per heavy atom. The highest BCUT2D eigenvalue weighted by atomic mass is 16.5. The lowest BCUT2D eigenvalue weighted by Crippen LogP contribution is -2.44. The van der Waals surface area contributed by atoms with Gasteiger partial charge in [0.25, 0.3) is 5.91 Å². The van der Waals surface area contributed by atoms with Gasteiger partial charge in [-0.2, -0.15) is 0 Å². The first-order valence-electron chi connectivity index (χ1n) is 8.75. The molecule has 1 aliphatic carbocycles. The Labute approximate surface area is 138 Å². The van der Waals surface area contributed by atoms with Crippen LogP contribution in [0.1, 0.15) is 29.6 Å². The van der Waals surface area contributed by atoms with E-state index in [0.29, 0.717) is 5.56 Å². The molecule has 2 fully saturated rings. The number of carbonyl (C=O) groups excluding carboxylic acids is 1. The average Bonchev–Trinajstić information content (AvgIpc) is 3.42. The second-order valence-electron chi connectivity index (χ2n) is 6.48. The lowest BCUT2D eigenvalue weighted by atomic mass is 10.2. The molecular formula is C18H27N3O2. The maximum Gasteiger partial charge on any atom is 0.251 e. The molecule has 1 aliphatic heterocycles. The molecule has 0 unspecified atom stereocenters. The van der Waals surface area contributed by atoms with Crippen LogP contribution in [0.5, 0.6) is 5.75 Å². The van der Waals surface area contributed by atoms with Gasteiger partial charge in [0, 0.05) is 38.3 Å². The molecule has 1 saturated heterocycles. The standard InChI is InChI=1S/C18H27N3O2/c22-18(20-8-1-11-21-12-9-19-10-13-21)16-4-6-17(7-5-16)23-14-15-2-3-15/h4-7,15,19H,1-3,8-14H2,(H,20,22). The van der Waals surface area contributed by atoms with Crippen LogP contribution in [0.3, 0.4) is 0 Å². The van der Waals surface area contributed by atoms with Gasteiger partial charge in [-0.25, -0.2) is 0 Å². The molecule has 5 nitrogen and oxygen atoms in total. The molecule has 1 saturated carbocycles. The minimum absolute atomic E-state index is 0.000876. The molecule has 1 aromatic carbocycles. The largest absolute Gasteiger partial charge is 0.493 e. The number of benzene rings is 1. The van der Waals surface area contributed by atoms with Crippen molar-refractivity contribution in [2.45, 2.75) is 19.3 Å². The second-order valence-corrected chi connectivity index (χ2v) is 6.48. The number of hydrogen-bond donors (Lipinski definition) is 2. The van der Waals surface area contributed by atoms with E-state index in [0.717, 1.165) is 64.0 Å². The van der Waals surface area contributed by atoms with Crippen molar-refractivity contribution < 1.29 is 9.53 Å². The number of nitrogens with one attached hydrogen (secondary N) is 2. The van der Waals surface area contributed by atoms with Crippen molar-refractivity contribution in [1.29, 1.82) is 0 Å². The first-order valence-corrected chi connectivity index (χ1v) is 8.75. The van der Waals surface area contributed by atoms with Crippen molar-refractivity contribution in [2.75, 3.05) is 45.9 Å². The van der Waals surface area contributed by atoms with E-state index in [-0.39, 0.29) is 5.91 Å². The summed E-state index contributed by atoms with van der Waals surface area (Å²) in [4.78, 5) is 14.5. The van der Waals surface area contributed by atoms with Crippen molar-refractivity contribution in [3.05, 3.63) is 29.8 Å². The summed E-state index contributed by atoms with van der Waals surface area (Å²) in [5.74, 6) is 1.60. The highest BCUT2D eigenvalue weighted by Gasteiger charge is 2.21. The van der Waals surface area contributed by atoms with Crippen LogP contribution in [-0.2, 0) is 0 Å². The lowest BCUT2D eigenvalue weighted by molar-refractivity contribution is 0.0951. The summed E-state index contributed by atoms with van der Waals surface area (Å²) in [7, 11) is 0. The van der Waals surface area contributed by atoms with Crippen LogP contribution in [0.2, 0.25) is 0 Å². The predicted molar refractivity (Wildman–Crippen MR) is 90.9 cm³/mol. The Morgan fingerprint density at radius 1 is 1.22 bits per heavy atom. The summed E-state index contributed by atoms with van der Waals surface area (Å²) >= 11 is 0. The molecule has 1 aromatic rings. The molecule has 0 radical (unpaired) electrons. The fourth-order valence-electron chi connectivity index (χ4n) is 2.74. The zero-order chi connectivity index (χ0) is 15.9. The summed E-state index contributed by atoms with van der Waals surface area (Å²) in [5, 5.41) is 6.34. The molecule has 1 amide bonds. The van der Waals surface area contributed by atoms with E-state index in [1.165, 1.54) is 12.8 Å². The van der Waals surface area contributed by atoms with E-state index in [1.807, 2.05) is 24.3 Å². The van der Waals surface area contributed by atoms with Crippen molar-refractivity contribution in [1.82, 2.24) is 15.5 Å². The Balaban J connectivity index is 1.33.